The summed E-state index contributed by atoms with van der Waals surface area (Å²) in [4.78, 5) is 15.7. The van der Waals surface area contributed by atoms with Crippen LogP contribution in [-0.4, -0.2) is 13.0 Å². The molecule has 0 bridgehead atoms. The van der Waals surface area contributed by atoms with Crippen molar-refractivity contribution in [2.45, 2.75) is 19.9 Å². The molecule has 0 aliphatic heterocycles. The van der Waals surface area contributed by atoms with E-state index in [2.05, 4.69) is 16.3 Å². The van der Waals surface area contributed by atoms with E-state index in [1.807, 2.05) is 50.4 Å². The van der Waals surface area contributed by atoms with E-state index in [-0.39, 0.29) is 5.91 Å². The van der Waals surface area contributed by atoms with Gasteiger partial charge in [-0.15, -0.1) is 11.3 Å². The van der Waals surface area contributed by atoms with Crippen molar-refractivity contribution in [3.05, 3.63) is 80.0 Å². The van der Waals surface area contributed by atoms with Crippen molar-refractivity contribution in [1.82, 2.24) is 0 Å². The number of amides is 1. The maximum Gasteiger partial charge on any atom is 0.228 e. The monoisotopic (exact) mass is 418 g/mol. The van der Waals surface area contributed by atoms with E-state index in [1.165, 1.54) is 4.88 Å². The number of hydrogen-bond acceptors (Lipinski definition) is 3. The van der Waals surface area contributed by atoms with Gasteiger partial charge in [-0.3, -0.25) is 4.79 Å². The van der Waals surface area contributed by atoms with E-state index in [1.54, 1.807) is 23.5 Å². The van der Waals surface area contributed by atoms with Gasteiger partial charge in [-0.25, -0.2) is 0 Å². The average molecular weight is 419 g/mol. The van der Waals surface area contributed by atoms with Gasteiger partial charge in [0.1, 0.15) is 0 Å². The van der Waals surface area contributed by atoms with E-state index in [4.69, 9.17) is 23.2 Å². The second kappa shape index (κ2) is 8.79. The molecule has 0 aliphatic rings. The van der Waals surface area contributed by atoms with E-state index in [9.17, 15) is 4.79 Å². The maximum atomic E-state index is 12.3. The van der Waals surface area contributed by atoms with Crippen LogP contribution < -0.4 is 10.2 Å². The molecule has 0 unspecified atom stereocenters. The van der Waals surface area contributed by atoms with E-state index in [0.29, 0.717) is 11.4 Å². The topological polar surface area (TPSA) is 32.3 Å². The molecule has 1 amide bonds. The van der Waals surface area contributed by atoms with Crippen molar-refractivity contribution < 1.29 is 4.79 Å². The van der Waals surface area contributed by atoms with Crippen molar-refractivity contribution in [2.75, 3.05) is 17.3 Å². The molecule has 0 spiro atoms. The Morgan fingerprint density at radius 1 is 1.07 bits per heavy atom. The molecular weight excluding hydrogens is 399 g/mol. The summed E-state index contributed by atoms with van der Waals surface area (Å²) in [5.41, 5.74) is 3.87. The SMILES string of the molecule is Cc1cc(N(C)Cc2ccc(Cl)s2)ccc1NC(=O)Cc1ccc(Cl)cc1. The Labute approximate surface area is 173 Å². The molecule has 27 heavy (non-hydrogen) atoms. The number of anilines is 2. The summed E-state index contributed by atoms with van der Waals surface area (Å²) in [6.45, 7) is 2.79. The second-order valence-corrected chi connectivity index (χ2v) is 8.65. The highest BCUT2D eigenvalue weighted by atomic mass is 35.5. The normalized spacial score (nSPS) is 10.7. The zero-order valence-corrected chi connectivity index (χ0v) is 17.5. The Kier molecular flexibility index (Phi) is 6.42. The predicted molar refractivity (Wildman–Crippen MR) is 116 cm³/mol. The van der Waals surface area contributed by atoms with Gasteiger partial charge < -0.3 is 10.2 Å². The molecule has 3 aromatic rings. The Morgan fingerprint density at radius 2 is 1.81 bits per heavy atom. The highest BCUT2D eigenvalue weighted by Crippen LogP contribution is 2.26. The number of rotatable bonds is 6. The van der Waals surface area contributed by atoms with Crippen LogP contribution >= 0.6 is 34.5 Å². The summed E-state index contributed by atoms with van der Waals surface area (Å²) in [5, 5.41) is 3.65. The number of aryl methyl sites for hydroxylation is 1. The first-order valence-electron chi connectivity index (χ1n) is 8.51. The Hall–Kier alpha value is -2.01. The average Bonchev–Trinajstić information content (AvgIpc) is 3.03. The summed E-state index contributed by atoms with van der Waals surface area (Å²) in [7, 11) is 2.04. The number of thiophene rings is 1. The third-order valence-electron chi connectivity index (χ3n) is 4.22. The van der Waals surface area contributed by atoms with Gasteiger partial charge in [0.05, 0.1) is 17.3 Å². The van der Waals surface area contributed by atoms with Crippen LogP contribution in [0.1, 0.15) is 16.0 Å². The minimum Gasteiger partial charge on any atom is -0.369 e. The van der Waals surface area contributed by atoms with Crippen molar-refractivity contribution in [3.8, 4) is 0 Å². The summed E-state index contributed by atoms with van der Waals surface area (Å²) in [6, 6.07) is 17.3. The van der Waals surface area contributed by atoms with E-state index >= 15 is 0 Å². The zero-order valence-electron chi connectivity index (χ0n) is 15.1. The minimum absolute atomic E-state index is 0.0465. The van der Waals surface area contributed by atoms with Crippen LogP contribution in [0, 0.1) is 6.92 Å². The van der Waals surface area contributed by atoms with Crippen molar-refractivity contribution in [2.24, 2.45) is 0 Å². The van der Waals surface area contributed by atoms with Crippen LogP contribution in [0.2, 0.25) is 9.36 Å². The third-order valence-corrected chi connectivity index (χ3v) is 5.69. The zero-order chi connectivity index (χ0) is 19.4. The molecule has 0 saturated heterocycles. The third kappa shape index (κ3) is 5.48. The summed E-state index contributed by atoms with van der Waals surface area (Å²) in [5.74, 6) is -0.0465. The second-order valence-electron chi connectivity index (χ2n) is 6.41. The lowest BCUT2D eigenvalue weighted by atomic mass is 10.1. The molecule has 140 valence electrons. The van der Waals surface area contributed by atoms with E-state index < -0.39 is 0 Å². The predicted octanol–water partition coefficient (Wildman–Crippen LogP) is 6.18. The fourth-order valence-corrected chi connectivity index (χ4v) is 4.04. The number of hydrogen-bond donors (Lipinski definition) is 1. The smallest absolute Gasteiger partial charge is 0.228 e. The highest BCUT2D eigenvalue weighted by molar-refractivity contribution is 7.16. The van der Waals surface area contributed by atoms with Gasteiger partial charge in [0.2, 0.25) is 5.91 Å². The number of carbonyl (C=O) groups is 1. The van der Waals surface area contributed by atoms with Crippen LogP contribution in [0.4, 0.5) is 11.4 Å². The fourth-order valence-electron chi connectivity index (χ4n) is 2.77. The van der Waals surface area contributed by atoms with Crippen LogP contribution in [0.5, 0.6) is 0 Å². The number of nitrogens with zero attached hydrogens (tertiary/aromatic N) is 1. The van der Waals surface area contributed by atoms with Crippen LogP contribution in [-0.2, 0) is 17.8 Å². The first-order valence-corrected chi connectivity index (χ1v) is 10.1. The molecule has 1 aromatic heterocycles. The summed E-state index contributed by atoms with van der Waals surface area (Å²) >= 11 is 13.5. The van der Waals surface area contributed by atoms with Crippen LogP contribution in [0.3, 0.4) is 0 Å². The Balaban J connectivity index is 1.63. The summed E-state index contributed by atoms with van der Waals surface area (Å²) in [6.07, 6.45) is 0.317. The molecular formula is C21H20Cl2N2OS. The van der Waals surface area contributed by atoms with Crippen molar-refractivity contribution >= 4 is 51.8 Å². The largest absolute Gasteiger partial charge is 0.369 e. The lowest BCUT2D eigenvalue weighted by Crippen LogP contribution is -2.17. The molecule has 3 rings (SSSR count). The molecule has 1 heterocycles. The molecule has 6 heteroatoms. The van der Waals surface area contributed by atoms with Gasteiger partial charge in [0, 0.05) is 28.3 Å². The molecule has 0 atom stereocenters. The Bertz CT molecular complexity index is 938. The molecule has 0 radical (unpaired) electrons. The van der Waals surface area contributed by atoms with Gasteiger partial charge in [0.25, 0.3) is 0 Å². The quantitative estimate of drug-likeness (QED) is 0.517. The maximum absolute atomic E-state index is 12.3. The number of carbonyl (C=O) groups excluding carboxylic acids is 1. The van der Waals surface area contributed by atoms with Gasteiger partial charge in [-0.2, -0.15) is 0 Å². The highest BCUT2D eigenvalue weighted by Gasteiger charge is 2.09. The fraction of sp³-hybridized carbons (Fsp3) is 0.190. The minimum atomic E-state index is -0.0465. The lowest BCUT2D eigenvalue weighted by molar-refractivity contribution is -0.115. The van der Waals surface area contributed by atoms with Gasteiger partial charge >= 0.3 is 0 Å². The molecule has 0 saturated carbocycles. The number of benzene rings is 2. The first-order chi connectivity index (χ1) is 12.9. The summed E-state index contributed by atoms with van der Waals surface area (Å²) < 4.78 is 0.799. The molecule has 0 aliphatic carbocycles. The van der Waals surface area contributed by atoms with Gasteiger partial charge in [-0.05, 0) is 60.5 Å². The van der Waals surface area contributed by atoms with Crippen molar-refractivity contribution in [1.29, 1.82) is 0 Å². The lowest BCUT2D eigenvalue weighted by Gasteiger charge is -2.20. The number of halogens is 2. The van der Waals surface area contributed by atoms with Gasteiger partial charge in [-0.1, -0.05) is 35.3 Å². The Morgan fingerprint density at radius 3 is 2.44 bits per heavy atom. The molecule has 1 N–H and O–H groups in total. The molecule has 3 nitrogen and oxygen atoms in total. The van der Waals surface area contributed by atoms with Crippen LogP contribution in [0.15, 0.2) is 54.6 Å². The van der Waals surface area contributed by atoms with Gasteiger partial charge in [0.15, 0.2) is 0 Å². The first kappa shape index (κ1) is 19.7. The molecule has 2 aromatic carbocycles. The van der Waals surface area contributed by atoms with Crippen molar-refractivity contribution in [3.63, 3.8) is 0 Å². The number of nitrogens with one attached hydrogen (secondary N) is 1. The van der Waals surface area contributed by atoms with E-state index in [0.717, 1.165) is 33.4 Å². The van der Waals surface area contributed by atoms with Crippen LogP contribution in [0.25, 0.3) is 0 Å². The standard InChI is InChI=1S/C21H20Cl2N2OS/c1-14-11-17(25(2)13-18-8-10-20(23)27-18)7-9-19(14)24-21(26)12-15-3-5-16(22)6-4-15/h3-11H,12-13H2,1-2H3,(H,24,26). The molecule has 0 fully saturated rings.